The summed E-state index contributed by atoms with van der Waals surface area (Å²) in [6.45, 7) is 0.448. The first-order valence-electron chi connectivity index (χ1n) is 8.46. The number of nitrogens with two attached hydrogens (primary N) is 1. The van der Waals surface area contributed by atoms with Crippen molar-refractivity contribution < 1.29 is 14.6 Å². The molecule has 0 saturated carbocycles. The van der Waals surface area contributed by atoms with Crippen LogP contribution in [0.1, 0.15) is 21.7 Å². The van der Waals surface area contributed by atoms with Crippen LogP contribution < -0.4 is 10.6 Å². The summed E-state index contributed by atoms with van der Waals surface area (Å²) >= 11 is 1.46. The van der Waals surface area contributed by atoms with Crippen molar-refractivity contribution in [2.45, 2.75) is 18.0 Å². The summed E-state index contributed by atoms with van der Waals surface area (Å²) in [6, 6.07) is 16.5. The number of ether oxygens (including phenoxy) is 1. The Labute approximate surface area is 161 Å². The van der Waals surface area contributed by atoms with Crippen LogP contribution in [0.5, 0.6) is 5.75 Å². The van der Waals surface area contributed by atoms with Gasteiger partial charge in [-0.2, -0.15) is 0 Å². The topological polar surface area (TPSA) is 103 Å². The molecule has 0 spiro atoms. The zero-order chi connectivity index (χ0) is 19.1. The number of aromatic carboxylic acids is 1. The van der Waals surface area contributed by atoms with Crippen molar-refractivity contribution in [1.82, 2.24) is 14.9 Å². The van der Waals surface area contributed by atoms with E-state index in [9.17, 15) is 4.79 Å². The van der Waals surface area contributed by atoms with Gasteiger partial charge in [0, 0.05) is 12.2 Å². The van der Waals surface area contributed by atoms with Gasteiger partial charge in [0.25, 0.3) is 0 Å². The molecule has 0 unspecified atom stereocenters. The number of carboxylic acid groups (broad SMARTS) is 1. The first-order valence-corrected chi connectivity index (χ1v) is 9.44. The number of hydrogen-bond donors (Lipinski definition) is 2. The van der Waals surface area contributed by atoms with E-state index in [-0.39, 0.29) is 5.56 Å². The van der Waals surface area contributed by atoms with Gasteiger partial charge in [0.05, 0.1) is 12.2 Å². The first kappa shape index (κ1) is 18.8. The SMILES string of the molecule is Nn1c(CCc2ccccc2)nnc1SCCOc1ccc(C(=O)O)cc1. The largest absolute Gasteiger partial charge is 0.493 e. The third-order valence-electron chi connectivity index (χ3n) is 3.90. The van der Waals surface area contributed by atoms with E-state index >= 15 is 0 Å². The van der Waals surface area contributed by atoms with Gasteiger partial charge in [-0.15, -0.1) is 10.2 Å². The molecule has 1 heterocycles. The van der Waals surface area contributed by atoms with Crippen molar-refractivity contribution in [3.8, 4) is 5.75 Å². The fourth-order valence-corrected chi connectivity index (χ4v) is 3.16. The Kier molecular flexibility index (Phi) is 6.32. The average Bonchev–Trinajstić information content (AvgIpc) is 3.04. The van der Waals surface area contributed by atoms with E-state index in [2.05, 4.69) is 22.3 Å². The van der Waals surface area contributed by atoms with E-state index in [0.29, 0.717) is 23.3 Å². The number of benzene rings is 2. The van der Waals surface area contributed by atoms with Crippen LogP contribution in [0.3, 0.4) is 0 Å². The number of thioether (sulfide) groups is 1. The van der Waals surface area contributed by atoms with Crippen LogP contribution in [-0.2, 0) is 12.8 Å². The van der Waals surface area contributed by atoms with Crippen LogP contribution in [-0.4, -0.2) is 38.3 Å². The monoisotopic (exact) mass is 384 g/mol. The van der Waals surface area contributed by atoms with Crippen LogP contribution in [0.2, 0.25) is 0 Å². The first-order chi connectivity index (χ1) is 13.1. The van der Waals surface area contributed by atoms with Crippen molar-refractivity contribution >= 4 is 17.7 Å². The van der Waals surface area contributed by atoms with E-state index in [4.69, 9.17) is 15.7 Å². The third kappa shape index (κ3) is 5.24. The summed E-state index contributed by atoms with van der Waals surface area (Å²) in [5.41, 5.74) is 1.47. The highest BCUT2D eigenvalue weighted by molar-refractivity contribution is 7.99. The molecule has 3 rings (SSSR count). The highest BCUT2D eigenvalue weighted by Crippen LogP contribution is 2.17. The molecular weight excluding hydrogens is 364 g/mol. The lowest BCUT2D eigenvalue weighted by Crippen LogP contribution is -2.15. The Balaban J connectivity index is 1.44. The number of aromatic nitrogens is 3. The summed E-state index contributed by atoms with van der Waals surface area (Å²) in [7, 11) is 0. The van der Waals surface area contributed by atoms with Crippen molar-refractivity contribution in [1.29, 1.82) is 0 Å². The minimum Gasteiger partial charge on any atom is -0.493 e. The minimum atomic E-state index is -0.956. The lowest BCUT2D eigenvalue weighted by molar-refractivity contribution is 0.0697. The highest BCUT2D eigenvalue weighted by Gasteiger charge is 2.10. The molecule has 3 aromatic rings. The van der Waals surface area contributed by atoms with Crippen molar-refractivity contribution in [2.24, 2.45) is 0 Å². The van der Waals surface area contributed by atoms with Crippen molar-refractivity contribution in [3.05, 3.63) is 71.5 Å². The van der Waals surface area contributed by atoms with Crippen LogP contribution >= 0.6 is 11.8 Å². The molecule has 0 atom stereocenters. The van der Waals surface area contributed by atoms with Gasteiger partial charge in [-0.25, -0.2) is 9.47 Å². The molecule has 0 fully saturated rings. The Hall–Kier alpha value is -3.00. The molecule has 0 radical (unpaired) electrons. The quantitative estimate of drug-likeness (QED) is 0.332. The van der Waals surface area contributed by atoms with E-state index in [1.165, 1.54) is 34.1 Å². The van der Waals surface area contributed by atoms with Crippen molar-refractivity contribution in [3.63, 3.8) is 0 Å². The summed E-state index contributed by atoms with van der Waals surface area (Å²) in [5, 5.41) is 17.8. The maximum absolute atomic E-state index is 10.8. The molecule has 0 saturated heterocycles. The lowest BCUT2D eigenvalue weighted by Gasteiger charge is -2.06. The molecule has 0 aliphatic rings. The molecule has 0 amide bonds. The van der Waals surface area contributed by atoms with E-state index < -0.39 is 5.97 Å². The molecule has 0 aliphatic heterocycles. The molecule has 3 N–H and O–H groups in total. The maximum atomic E-state index is 10.8. The summed E-state index contributed by atoms with van der Waals surface area (Å²) in [6.07, 6.45) is 1.58. The lowest BCUT2D eigenvalue weighted by atomic mass is 10.1. The molecular formula is C19H20N4O3S. The number of carbonyl (C=O) groups is 1. The Bertz CT molecular complexity index is 882. The normalized spacial score (nSPS) is 10.7. The van der Waals surface area contributed by atoms with Gasteiger partial charge in [0.15, 0.2) is 5.82 Å². The standard InChI is InChI=1S/C19H20N4O3S/c20-23-17(11-6-14-4-2-1-3-5-14)21-22-19(23)27-13-12-26-16-9-7-15(8-10-16)18(24)25/h1-5,7-10H,6,11-13,20H2,(H,24,25). The summed E-state index contributed by atoms with van der Waals surface area (Å²) in [4.78, 5) is 10.8. The molecule has 140 valence electrons. The van der Waals surface area contributed by atoms with Gasteiger partial charge in [-0.1, -0.05) is 42.1 Å². The van der Waals surface area contributed by atoms with Crippen molar-refractivity contribution in [2.75, 3.05) is 18.2 Å². The fourth-order valence-electron chi connectivity index (χ4n) is 2.46. The Morgan fingerprint density at radius 3 is 2.52 bits per heavy atom. The predicted molar refractivity (Wildman–Crippen MR) is 104 cm³/mol. The number of hydrogen-bond acceptors (Lipinski definition) is 6. The highest BCUT2D eigenvalue weighted by atomic mass is 32.2. The maximum Gasteiger partial charge on any atom is 0.335 e. The van der Waals surface area contributed by atoms with Crippen LogP contribution in [0.15, 0.2) is 59.8 Å². The second-order valence-corrected chi connectivity index (χ2v) is 6.84. The van der Waals surface area contributed by atoms with E-state index in [0.717, 1.165) is 18.7 Å². The van der Waals surface area contributed by atoms with Gasteiger partial charge in [0.1, 0.15) is 5.75 Å². The smallest absolute Gasteiger partial charge is 0.335 e. The number of nitrogens with zero attached hydrogens (tertiary/aromatic N) is 3. The zero-order valence-corrected chi connectivity index (χ0v) is 15.4. The van der Waals surface area contributed by atoms with E-state index in [1.807, 2.05) is 18.2 Å². The van der Waals surface area contributed by atoms with Gasteiger partial charge < -0.3 is 15.7 Å². The third-order valence-corrected chi connectivity index (χ3v) is 4.81. The van der Waals surface area contributed by atoms with Gasteiger partial charge >= 0.3 is 5.97 Å². The van der Waals surface area contributed by atoms with Crippen LogP contribution in [0.25, 0.3) is 0 Å². The molecule has 27 heavy (non-hydrogen) atoms. The van der Waals surface area contributed by atoms with Gasteiger partial charge in [0.2, 0.25) is 5.16 Å². The van der Waals surface area contributed by atoms with E-state index in [1.54, 1.807) is 12.1 Å². The van der Waals surface area contributed by atoms with Gasteiger partial charge in [-0.05, 0) is 36.2 Å². The fraction of sp³-hybridized carbons (Fsp3) is 0.211. The second-order valence-electron chi connectivity index (χ2n) is 5.78. The molecule has 0 aliphatic carbocycles. The predicted octanol–water partition coefficient (Wildman–Crippen LogP) is 2.65. The average molecular weight is 384 g/mol. The van der Waals surface area contributed by atoms with Crippen LogP contribution in [0.4, 0.5) is 0 Å². The number of aryl methyl sites for hydroxylation is 2. The molecule has 1 aromatic heterocycles. The molecule has 2 aromatic carbocycles. The Morgan fingerprint density at radius 2 is 1.81 bits per heavy atom. The van der Waals surface area contributed by atoms with Crippen LogP contribution in [0, 0.1) is 0 Å². The zero-order valence-electron chi connectivity index (χ0n) is 14.6. The van der Waals surface area contributed by atoms with Gasteiger partial charge in [-0.3, -0.25) is 0 Å². The minimum absolute atomic E-state index is 0.232. The number of nitrogen functional groups attached to an aromatic ring is 1. The number of rotatable bonds is 9. The number of carboxylic acids is 1. The molecule has 8 heteroatoms. The summed E-state index contributed by atoms with van der Waals surface area (Å²) in [5.74, 6) is 7.14. The Morgan fingerprint density at radius 1 is 1.07 bits per heavy atom. The molecule has 7 nitrogen and oxygen atoms in total. The second kappa shape index (κ2) is 9.09. The summed E-state index contributed by atoms with van der Waals surface area (Å²) < 4.78 is 7.13. The molecule has 0 bridgehead atoms.